The third-order valence-corrected chi connectivity index (χ3v) is 1.96. The summed E-state index contributed by atoms with van der Waals surface area (Å²) < 4.78 is 25.9. The first-order chi connectivity index (χ1) is 7.91. The van der Waals surface area contributed by atoms with Gasteiger partial charge in [0.2, 0.25) is 5.91 Å². The van der Waals surface area contributed by atoms with Crippen molar-refractivity contribution in [1.82, 2.24) is 5.32 Å². The molecule has 0 aromatic heterocycles. The van der Waals surface area contributed by atoms with Crippen LogP contribution in [-0.4, -0.2) is 29.6 Å². The molecule has 0 radical (unpaired) electrons. The maximum absolute atomic E-state index is 13.1. The van der Waals surface area contributed by atoms with Crippen LogP contribution in [0.4, 0.5) is 8.78 Å². The Morgan fingerprint density at radius 1 is 1.41 bits per heavy atom. The van der Waals surface area contributed by atoms with Crippen LogP contribution in [0.25, 0.3) is 0 Å². The van der Waals surface area contributed by atoms with Crippen molar-refractivity contribution in [3.05, 3.63) is 35.4 Å². The summed E-state index contributed by atoms with van der Waals surface area (Å²) in [5.41, 5.74) is 4.23. The molecule has 0 aliphatic rings. The molecule has 7 heteroatoms. The molecule has 4 N–H and O–H groups in total. The quantitative estimate of drug-likeness (QED) is 0.669. The van der Waals surface area contributed by atoms with E-state index in [1.807, 2.05) is 0 Å². The highest BCUT2D eigenvalue weighted by molar-refractivity contribution is 5.94. The van der Waals surface area contributed by atoms with Gasteiger partial charge in [0.05, 0.1) is 12.1 Å². The van der Waals surface area contributed by atoms with E-state index in [0.717, 1.165) is 12.1 Å². The summed E-state index contributed by atoms with van der Waals surface area (Å²) in [6.07, 6.45) is -1.57. The van der Waals surface area contributed by atoms with E-state index in [-0.39, 0.29) is 0 Å². The highest BCUT2D eigenvalue weighted by atomic mass is 19.1. The highest BCUT2D eigenvalue weighted by Gasteiger charge is 2.16. The van der Waals surface area contributed by atoms with Crippen LogP contribution in [0.5, 0.6) is 0 Å². The standard InChI is InChI=1S/C10H10F2N2O3/c11-5-1-2-7(12)6(3-5)10(17)14-4-8(15)9(13)16/h1-3,8,15H,4H2,(H2,13,16)(H,14,17). The predicted molar refractivity (Wildman–Crippen MR) is 53.9 cm³/mol. The molecular weight excluding hydrogens is 234 g/mol. The van der Waals surface area contributed by atoms with Crippen LogP contribution in [0.15, 0.2) is 18.2 Å². The number of nitrogens with one attached hydrogen (secondary N) is 1. The lowest BCUT2D eigenvalue weighted by molar-refractivity contribution is -0.125. The average Bonchev–Trinajstić information content (AvgIpc) is 2.28. The Kier molecular flexibility index (Phi) is 4.11. The molecule has 0 bridgehead atoms. The van der Waals surface area contributed by atoms with E-state index in [1.165, 1.54) is 0 Å². The maximum atomic E-state index is 13.1. The molecule has 1 unspecified atom stereocenters. The number of hydrogen-bond donors (Lipinski definition) is 3. The van der Waals surface area contributed by atoms with Gasteiger partial charge in [-0.2, -0.15) is 0 Å². The molecule has 0 saturated carbocycles. The number of aliphatic hydroxyl groups is 1. The summed E-state index contributed by atoms with van der Waals surface area (Å²) in [7, 11) is 0. The Hall–Kier alpha value is -2.02. The Labute approximate surface area is 95.2 Å². The number of nitrogens with two attached hydrogens (primary N) is 1. The summed E-state index contributed by atoms with van der Waals surface area (Å²) >= 11 is 0. The van der Waals surface area contributed by atoms with Gasteiger partial charge >= 0.3 is 0 Å². The van der Waals surface area contributed by atoms with Crippen LogP contribution < -0.4 is 11.1 Å². The van der Waals surface area contributed by atoms with Crippen LogP contribution in [-0.2, 0) is 4.79 Å². The largest absolute Gasteiger partial charge is 0.381 e. The molecule has 17 heavy (non-hydrogen) atoms. The second-order valence-electron chi connectivity index (χ2n) is 3.25. The molecule has 92 valence electrons. The van der Waals surface area contributed by atoms with Crippen molar-refractivity contribution < 1.29 is 23.5 Å². The molecule has 1 aromatic carbocycles. The van der Waals surface area contributed by atoms with Gasteiger partial charge in [-0.1, -0.05) is 0 Å². The molecule has 0 spiro atoms. The smallest absolute Gasteiger partial charge is 0.254 e. The number of benzene rings is 1. The van der Waals surface area contributed by atoms with Crippen molar-refractivity contribution in [1.29, 1.82) is 0 Å². The first-order valence-corrected chi connectivity index (χ1v) is 4.62. The molecule has 0 fully saturated rings. The molecule has 0 aliphatic heterocycles. The van der Waals surface area contributed by atoms with Crippen molar-refractivity contribution in [2.24, 2.45) is 5.73 Å². The summed E-state index contributed by atoms with van der Waals surface area (Å²) in [6, 6.07) is 2.38. The predicted octanol–water partition coefficient (Wildman–Crippen LogP) is -0.459. The van der Waals surface area contributed by atoms with Gasteiger partial charge in [-0.15, -0.1) is 0 Å². The van der Waals surface area contributed by atoms with Gasteiger partial charge < -0.3 is 16.2 Å². The molecule has 0 heterocycles. The van der Waals surface area contributed by atoms with E-state index in [0.29, 0.717) is 6.07 Å². The van der Waals surface area contributed by atoms with Gasteiger partial charge in [0.15, 0.2) is 0 Å². The zero-order valence-electron chi connectivity index (χ0n) is 8.61. The minimum absolute atomic E-state index is 0.468. The number of amides is 2. The SMILES string of the molecule is NC(=O)C(O)CNC(=O)c1cc(F)ccc1F. The monoisotopic (exact) mass is 244 g/mol. The lowest BCUT2D eigenvalue weighted by Gasteiger charge is -2.08. The van der Waals surface area contributed by atoms with Gasteiger partial charge in [-0.05, 0) is 18.2 Å². The van der Waals surface area contributed by atoms with E-state index in [4.69, 9.17) is 10.8 Å². The zero-order valence-corrected chi connectivity index (χ0v) is 8.61. The topological polar surface area (TPSA) is 92.4 Å². The third-order valence-electron chi connectivity index (χ3n) is 1.96. The molecule has 1 rings (SSSR count). The van der Waals surface area contributed by atoms with Crippen molar-refractivity contribution in [2.45, 2.75) is 6.10 Å². The zero-order chi connectivity index (χ0) is 13.0. The lowest BCUT2D eigenvalue weighted by Crippen LogP contribution is -2.40. The van der Waals surface area contributed by atoms with Crippen LogP contribution in [0.1, 0.15) is 10.4 Å². The number of hydrogen-bond acceptors (Lipinski definition) is 3. The van der Waals surface area contributed by atoms with Gasteiger partial charge in [-0.25, -0.2) is 8.78 Å². The van der Waals surface area contributed by atoms with E-state index >= 15 is 0 Å². The number of carbonyl (C=O) groups excluding carboxylic acids is 2. The Bertz CT molecular complexity index is 451. The fraction of sp³-hybridized carbons (Fsp3) is 0.200. The summed E-state index contributed by atoms with van der Waals surface area (Å²) in [5.74, 6) is -3.64. The Morgan fingerprint density at radius 3 is 2.65 bits per heavy atom. The highest BCUT2D eigenvalue weighted by Crippen LogP contribution is 2.09. The molecule has 0 aliphatic carbocycles. The first-order valence-electron chi connectivity index (χ1n) is 4.62. The minimum Gasteiger partial charge on any atom is -0.381 e. The normalized spacial score (nSPS) is 11.9. The van der Waals surface area contributed by atoms with Crippen molar-refractivity contribution in [3.8, 4) is 0 Å². The summed E-state index contributed by atoms with van der Waals surface area (Å²) in [5, 5.41) is 11.0. The molecule has 2 amide bonds. The van der Waals surface area contributed by atoms with Gasteiger partial charge in [0.25, 0.3) is 5.91 Å². The molecular formula is C10H10F2N2O3. The lowest BCUT2D eigenvalue weighted by atomic mass is 10.2. The second kappa shape index (κ2) is 5.35. The van der Waals surface area contributed by atoms with Crippen molar-refractivity contribution in [2.75, 3.05) is 6.54 Å². The van der Waals surface area contributed by atoms with Crippen LogP contribution in [0, 0.1) is 11.6 Å². The maximum Gasteiger partial charge on any atom is 0.254 e. The first kappa shape index (κ1) is 13.0. The number of carbonyl (C=O) groups is 2. The molecule has 1 atom stereocenters. The molecule has 5 nitrogen and oxygen atoms in total. The summed E-state index contributed by atoms with van der Waals surface area (Å²) in [4.78, 5) is 21.8. The fourth-order valence-electron chi connectivity index (χ4n) is 1.06. The van der Waals surface area contributed by atoms with E-state index in [1.54, 1.807) is 0 Å². The van der Waals surface area contributed by atoms with E-state index in [9.17, 15) is 18.4 Å². The second-order valence-corrected chi connectivity index (χ2v) is 3.25. The van der Waals surface area contributed by atoms with Crippen LogP contribution in [0.2, 0.25) is 0 Å². The van der Waals surface area contributed by atoms with Crippen LogP contribution in [0.3, 0.4) is 0 Å². The van der Waals surface area contributed by atoms with Gasteiger partial charge in [0.1, 0.15) is 17.7 Å². The number of halogens is 2. The van der Waals surface area contributed by atoms with Crippen LogP contribution >= 0.6 is 0 Å². The average molecular weight is 244 g/mol. The Morgan fingerprint density at radius 2 is 2.06 bits per heavy atom. The number of aliphatic hydroxyl groups excluding tert-OH is 1. The Balaban J connectivity index is 2.70. The minimum atomic E-state index is -1.57. The van der Waals surface area contributed by atoms with Gasteiger partial charge in [0, 0.05) is 0 Å². The molecule has 0 saturated heterocycles. The van der Waals surface area contributed by atoms with E-state index < -0.39 is 41.7 Å². The van der Waals surface area contributed by atoms with Crippen molar-refractivity contribution in [3.63, 3.8) is 0 Å². The number of rotatable bonds is 4. The fourth-order valence-corrected chi connectivity index (χ4v) is 1.06. The van der Waals surface area contributed by atoms with E-state index in [2.05, 4.69) is 5.32 Å². The van der Waals surface area contributed by atoms with Crippen molar-refractivity contribution >= 4 is 11.8 Å². The molecule has 1 aromatic rings. The third kappa shape index (κ3) is 3.49. The van der Waals surface area contributed by atoms with Gasteiger partial charge in [-0.3, -0.25) is 9.59 Å². The summed E-state index contributed by atoms with van der Waals surface area (Å²) in [6.45, 7) is -0.468. The number of primary amides is 1.